The molecule has 1 aliphatic heterocycles. The fourth-order valence-electron chi connectivity index (χ4n) is 2.30. The van der Waals surface area contributed by atoms with E-state index in [0.29, 0.717) is 12.8 Å². The molecule has 0 radical (unpaired) electrons. The summed E-state index contributed by atoms with van der Waals surface area (Å²) in [7, 11) is 0. The van der Waals surface area contributed by atoms with E-state index in [0.717, 1.165) is 22.5 Å². The van der Waals surface area contributed by atoms with Crippen molar-refractivity contribution in [2.24, 2.45) is 0 Å². The molecule has 0 unspecified atom stereocenters. The molecule has 2 N–H and O–H groups in total. The molecule has 2 amide bonds. The largest absolute Gasteiger partial charge is 0.326 e. The van der Waals surface area contributed by atoms with E-state index in [2.05, 4.69) is 10.6 Å². The first kappa shape index (κ1) is 12.4. The molecule has 0 fully saturated rings. The molecule has 100 valence electrons. The molecule has 3 rings (SSSR count). The van der Waals surface area contributed by atoms with Crippen molar-refractivity contribution >= 4 is 23.2 Å². The number of nitrogens with one attached hydrogen (secondary N) is 2. The number of carbonyl (C=O) groups is 2. The molecular weight excluding hydrogens is 252 g/mol. The normalized spacial score (nSPS) is 12.7. The summed E-state index contributed by atoms with van der Waals surface area (Å²) < 4.78 is 0. The van der Waals surface area contributed by atoms with Gasteiger partial charge in [0, 0.05) is 11.4 Å². The maximum Gasteiger partial charge on any atom is 0.228 e. The number of hydrogen-bond acceptors (Lipinski definition) is 2. The number of benzene rings is 2. The summed E-state index contributed by atoms with van der Waals surface area (Å²) in [5.41, 5.74) is 3.51. The van der Waals surface area contributed by atoms with Crippen LogP contribution in [0.25, 0.3) is 0 Å². The van der Waals surface area contributed by atoms with Crippen LogP contribution < -0.4 is 10.6 Å². The summed E-state index contributed by atoms with van der Waals surface area (Å²) >= 11 is 0. The van der Waals surface area contributed by atoms with E-state index in [1.165, 1.54) is 0 Å². The zero-order valence-electron chi connectivity index (χ0n) is 10.8. The van der Waals surface area contributed by atoms with Crippen LogP contribution in [-0.2, 0) is 22.4 Å². The summed E-state index contributed by atoms with van der Waals surface area (Å²) in [6.07, 6.45) is 0.694. The van der Waals surface area contributed by atoms with Crippen molar-refractivity contribution in [1.82, 2.24) is 0 Å². The van der Waals surface area contributed by atoms with Gasteiger partial charge < -0.3 is 10.6 Å². The van der Waals surface area contributed by atoms with E-state index in [-0.39, 0.29) is 11.8 Å². The topological polar surface area (TPSA) is 58.2 Å². The summed E-state index contributed by atoms with van der Waals surface area (Å²) in [4.78, 5) is 23.2. The quantitative estimate of drug-likeness (QED) is 0.896. The molecule has 0 saturated carbocycles. The fraction of sp³-hybridized carbons (Fsp3) is 0.125. The predicted octanol–water partition coefficient (Wildman–Crippen LogP) is 2.36. The van der Waals surface area contributed by atoms with Crippen LogP contribution in [0.2, 0.25) is 0 Å². The van der Waals surface area contributed by atoms with E-state index in [4.69, 9.17) is 0 Å². The van der Waals surface area contributed by atoms with Crippen LogP contribution >= 0.6 is 0 Å². The third-order valence-corrected chi connectivity index (χ3v) is 3.22. The standard InChI is InChI=1S/C16H14N2O2/c19-15(17-13-4-2-1-3-5-13)9-11-6-7-14-12(8-11)10-16(20)18-14/h1-8H,9-10H2,(H,17,19)(H,18,20). The number of para-hydroxylation sites is 1. The Morgan fingerprint density at radius 2 is 1.95 bits per heavy atom. The van der Waals surface area contributed by atoms with Gasteiger partial charge in [0.1, 0.15) is 0 Å². The first-order valence-corrected chi connectivity index (χ1v) is 6.47. The van der Waals surface area contributed by atoms with E-state index in [9.17, 15) is 9.59 Å². The second kappa shape index (κ2) is 5.17. The Morgan fingerprint density at radius 3 is 2.75 bits per heavy atom. The molecular formula is C16H14N2O2. The van der Waals surface area contributed by atoms with E-state index in [1.807, 2.05) is 48.5 Å². The van der Waals surface area contributed by atoms with Crippen LogP contribution in [0.15, 0.2) is 48.5 Å². The molecule has 2 aromatic rings. The van der Waals surface area contributed by atoms with Crippen molar-refractivity contribution in [2.45, 2.75) is 12.8 Å². The highest BCUT2D eigenvalue weighted by molar-refractivity contribution is 5.99. The van der Waals surface area contributed by atoms with Gasteiger partial charge in [0.2, 0.25) is 11.8 Å². The van der Waals surface area contributed by atoms with Crippen LogP contribution in [0.4, 0.5) is 11.4 Å². The van der Waals surface area contributed by atoms with E-state index < -0.39 is 0 Å². The maximum absolute atomic E-state index is 12.0. The highest BCUT2D eigenvalue weighted by atomic mass is 16.2. The number of carbonyl (C=O) groups excluding carboxylic acids is 2. The Bertz CT molecular complexity index is 665. The van der Waals surface area contributed by atoms with Gasteiger partial charge in [-0.25, -0.2) is 0 Å². The van der Waals surface area contributed by atoms with Crippen LogP contribution in [0.5, 0.6) is 0 Å². The van der Waals surface area contributed by atoms with Crippen LogP contribution in [0.3, 0.4) is 0 Å². The molecule has 4 nitrogen and oxygen atoms in total. The highest BCUT2D eigenvalue weighted by Crippen LogP contribution is 2.24. The minimum absolute atomic E-state index is 0.00545. The zero-order valence-corrected chi connectivity index (χ0v) is 10.8. The Balaban J connectivity index is 1.68. The third-order valence-electron chi connectivity index (χ3n) is 3.22. The number of rotatable bonds is 3. The molecule has 0 saturated heterocycles. The van der Waals surface area contributed by atoms with Crippen molar-refractivity contribution in [3.63, 3.8) is 0 Å². The van der Waals surface area contributed by atoms with Gasteiger partial charge in [-0.1, -0.05) is 30.3 Å². The van der Waals surface area contributed by atoms with Gasteiger partial charge in [-0.15, -0.1) is 0 Å². The lowest BCUT2D eigenvalue weighted by molar-refractivity contribution is -0.116. The molecule has 0 spiro atoms. The van der Waals surface area contributed by atoms with Gasteiger partial charge in [-0.05, 0) is 29.3 Å². The van der Waals surface area contributed by atoms with E-state index in [1.54, 1.807) is 0 Å². The Hall–Kier alpha value is -2.62. The van der Waals surface area contributed by atoms with Gasteiger partial charge in [0.05, 0.1) is 12.8 Å². The van der Waals surface area contributed by atoms with Gasteiger partial charge in [-0.3, -0.25) is 9.59 Å². The van der Waals surface area contributed by atoms with Crippen LogP contribution in [0.1, 0.15) is 11.1 Å². The van der Waals surface area contributed by atoms with Gasteiger partial charge >= 0.3 is 0 Å². The van der Waals surface area contributed by atoms with Crippen LogP contribution in [-0.4, -0.2) is 11.8 Å². The minimum Gasteiger partial charge on any atom is -0.326 e. The molecule has 1 heterocycles. The molecule has 2 aromatic carbocycles. The van der Waals surface area contributed by atoms with Gasteiger partial charge in [-0.2, -0.15) is 0 Å². The first-order valence-electron chi connectivity index (χ1n) is 6.47. The maximum atomic E-state index is 12.0. The second-order valence-electron chi connectivity index (χ2n) is 4.81. The summed E-state index contributed by atoms with van der Waals surface area (Å²) in [5.74, 6) is -0.0562. The third kappa shape index (κ3) is 2.69. The molecule has 0 aliphatic carbocycles. The monoisotopic (exact) mass is 266 g/mol. The average molecular weight is 266 g/mol. The molecule has 0 aromatic heterocycles. The van der Waals surface area contributed by atoms with Crippen molar-refractivity contribution in [3.8, 4) is 0 Å². The van der Waals surface area contributed by atoms with Gasteiger partial charge in [0.15, 0.2) is 0 Å². The first-order chi connectivity index (χ1) is 9.70. The minimum atomic E-state index is -0.0616. The van der Waals surface area contributed by atoms with E-state index >= 15 is 0 Å². The lowest BCUT2D eigenvalue weighted by Gasteiger charge is -2.06. The van der Waals surface area contributed by atoms with Crippen molar-refractivity contribution < 1.29 is 9.59 Å². The molecule has 1 aliphatic rings. The Morgan fingerprint density at radius 1 is 1.15 bits per heavy atom. The smallest absolute Gasteiger partial charge is 0.228 e. The lowest BCUT2D eigenvalue weighted by Crippen LogP contribution is -2.14. The second-order valence-corrected chi connectivity index (χ2v) is 4.81. The van der Waals surface area contributed by atoms with Gasteiger partial charge in [0.25, 0.3) is 0 Å². The molecule has 20 heavy (non-hydrogen) atoms. The Labute approximate surface area is 116 Å². The molecule has 0 atom stereocenters. The van der Waals surface area contributed by atoms with Crippen molar-refractivity contribution in [3.05, 3.63) is 59.7 Å². The van der Waals surface area contributed by atoms with Crippen LogP contribution in [0, 0.1) is 0 Å². The molecule has 0 bridgehead atoms. The van der Waals surface area contributed by atoms with Crippen molar-refractivity contribution in [2.75, 3.05) is 10.6 Å². The summed E-state index contributed by atoms with van der Waals surface area (Å²) in [6.45, 7) is 0. The summed E-state index contributed by atoms with van der Waals surface area (Å²) in [6, 6.07) is 15.0. The average Bonchev–Trinajstić information content (AvgIpc) is 2.79. The number of hydrogen-bond donors (Lipinski definition) is 2. The number of anilines is 2. The van der Waals surface area contributed by atoms with Crippen molar-refractivity contribution in [1.29, 1.82) is 0 Å². The summed E-state index contributed by atoms with van der Waals surface area (Å²) in [5, 5.41) is 5.62. The zero-order chi connectivity index (χ0) is 13.9. The predicted molar refractivity (Wildman–Crippen MR) is 77.6 cm³/mol. The lowest BCUT2D eigenvalue weighted by atomic mass is 10.1. The Kier molecular flexibility index (Phi) is 3.21. The molecule has 4 heteroatoms. The fourth-order valence-corrected chi connectivity index (χ4v) is 2.30. The number of amides is 2. The highest BCUT2D eigenvalue weighted by Gasteiger charge is 2.17. The number of fused-ring (bicyclic) bond motifs is 1. The SMILES string of the molecule is O=C(Cc1ccc2c(c1)CC(=O)N2)Nc1ccccc1.